The van der Waals surface area contributed by atoms with Crippen LogP contribution in [0.2, 0.25) is 0 Å². The maximum absolute atomic E-state index is 5.88. The summed E-state index contributed by atoms with van der Waals surface area (Å²) < 4.78 is 5.88. The monoisotopic (exact) mass is 229 g/mol. The normalized spacial score (nSPS) is 15.0. The van der Waals surface area contributed by atoms with Gasteiger partial charge in [0.15, 0.2) is 0 Å². The Hall–Kier alpha value is -1.24. The topological polar surface area (TPSA) is 9.23 Å². The van der Waals surface area contributed by atoms with Crippen molar-refractivity contribution in [2.45, 2.75) is 39.0 Å². The van der Waals surface area contributed by atoms with Crippen molar-refractivity contribution in [3.8, 4) is 5.75 Å². The molecule has 91 valence electrons. The van der Waals surface area contributed by atoms with E-state index in [2.05, 4.69) is 38.6 Å². The van der Waals surface area contributed by atoms with E-state index in [9.17, 15) is 0 Å². The molecule has 0 aliphatic heterocycles. The van der Waals surface area contributed by atoms with Crippen LogP contribution in [-0.4, -0.2) is 6.61 Å². The third-order valence-electron chi connectivity index (χ3n) is 3.24. The van der Waals surface area contributed by atoms with Gasteiger partial charge in [0.2, 0.25) is 0 Å². The van der Waals surface area contributed by atoms with Crippen LogP contribution in [0.5, 0.6) is 5.75 Å². The molecule has 0 spiro atoms. The summed E-state index contributed by atoms with van der Waals surface area (Å²) in [7, 11) is 0. The molecule has 1 heteroatoms. The molecule has 1 saturated carbocycles. The third kappa shape index (κ3) is 2.71. The fourth-order valence-corrected chi connectivity index (χ4v) is 2.13. The zero-order valence-corrected chi connectivity index (χ0v) is 10.8. The Bertz CT molecular complexity index is 391. The Morgan fingerprint density at radius 3 is 2.82 bits per heavy atom. The van der Waals surface area contributed by atoms with Crippen LogP contribution in [0.25, 0.3) is 0 Å². The first-order chi connectivity index (χ1) is 8.27. The molecule has 1 aliphatic rings. The lowest BCUT2D eigenvalue weighted by Gasteiger charge is -2.17. The van der Waals surface area contributed by atoms with Gasteiger partial charge in [0.1, 0.15) is 5.75 Å². The highest BCUT2D eigenvalue weighted by Gasteiger charge is 2.30. The average Bonchev–Trinajstić information content (AvgIpc) is 3.19. The molecule has 1 nitrogen and oxygen atoms in total. The fraction of sp³-hybridized carbons (Fsp3) is 0.438. The SMILES string of the molecule is C=C[C](C)c1cccc(OCCC)c1C1CC1. The largest absolute Gasteiger partial charge is 0.493 e. The van der Waals surface area contributed by atoms with Crippen LogP contribution >= 0.6 is 0 Å². The summed E-state index contributed by atoms with van der Waals surface area (Å²) >= 11 is 0. The molecule has 0 aromatic heterocycles. The lowest BCUT2D eigenvalue weighted by atomic mass is 9.92. The van der Waals surface area contributed by atoms with Gasteiger partial charge >= 0.3 is 0 Å². The molecule has 1 aliphatic carbocycles. The second-order valence-electron chi connectivity index (χ2n) is 4.73. The molecule has 0 heterocycles. The first-order valence-corrected chi connectivity index (χ1v) is 6.50. The molecule has 1 radical (unpaired) electrons. The number of rotatable bonds is 6. The van der Waals surface area contributed by atoms with Gasteiger partial charge in [0.25, 0.3) is 0 Å². The van der Waals surface area contributed by atoms with Gasteiger partial charge in [-0.15, -0.1) is 6.58 Å². The minimum Gasteiger partial charge on any atom is -0.493 e. The molecule has 1 aromatic carbocycles. The second-order valence-corrected chi connectivity index (χ2v) is 4.73. The van der Waals surface area contributed by atoms with Crippen molar-refractivity contribution in [1.82, 2.24) is 0 Å². The highest BCUT2D eigenvalue weighted by atomic mass is 16.5. The van der Waals surface area contributed by atoms with Gasteiger partial charge in [-0.2, -0.15) is 0 Å². The van der Waals surface area contributed by atoms with Crippen LogP contribution in [-0.2, 0) is 0 Å². The fourth-order valence-electron chi connectivity index (χ4n) is 2.13. The van der Waals surface area contributed by atoms with Crippen LogP contribution in [0.3, 0.4) is 0 Å². The predicted octanol–water partition coefficient (Wildman–Crippen LogP) is 4.48. The van der Waals surface area contributed by atoms with Gasteiger partial charge in [-0.3, -0.25) is 0 Å². The lowest BCUT2D eigenvalue weighted by Crippen LogP contribution is -2.03. The maximum Gasteiger partial charge on any atom is 0.123 e. The van der Waals surface area contributed by atoms with Gasteiger partial charge in [0.05, 0.1) is 6.61 Å². The van der Waals surface area contributed by atoms with Crippen LogP contribution in [0, 0.1) is 5.92 Å². The predicted molar refractivity (Wildman–Crippen MR) is 72.4 cm³/mol. The van der Waals surface area contributed by atoms with E-state index in [1.807, 2.05) is 6.08 Å². The molecule has 1 aromatic rings. The first kappa shape index (κ1) is 12.2. The lowest BCUT2D eigenvalue weighted by molar-refractivity contribution is 0.314. The van der Waals surface area contributed by atoms with E-state index < -0.39 is 0 Å². The highest BCUT2D eigenvalue weighted by Crippen LogP contribution is 2.47. The van der Waals surface area contributed by atoms with E-state index in [1.165, 1.54) is 29.9 Å². The molecular weight excluding hydrogens is 208 g/mol. The van der Waals surface area contributed by atoms with Crippen LogP contribution in [0.1, 0.15) is 50.2 Å². The number of hydrogen-bond acceptors (Lipinski definition) is 1. The summed E-state index contributed by atoms with van der Waals surface area (Å²) in [6.45, 7) is 8.94. The van der Waals surface area contributed by atoms with Crippen molar-refractivity contribution in [2.24, 2.45) is 0 Å². The van der Waals surface area contributed by atoms with E-state index in [4.69, 9.17) is 4.74 Å². The molecule has 2 rings (SSSR count). The zero-order valence-electron chi connectivity index (χ0n) is 10.8. The number of hydrogen-bond donors (Lipinski definition) is 0. The van der Waals surface area contributed by atoms with Crippen LogP contribution in [0.4, 0.5) is 0 Å². The van der Waals surface area contributed by atoms with Crippen molar-refractivity contribution in [3.63, 3.8) is 0 Å². The number of benzene rings is 1. The third-order valence-corrected chi connectivity index (χ3v) is 3.24. The van der Waals surface area contributed by atoms with Gasteiger partial charge in [-0.25, -0.2) is 0 Å². The summed E-state index contributed by atoms with van der Waals surface area (Å²) in [5.41, 5.74) is 2.72. The van der Waals surface area contributed by atoms with E-state index in [0.717, 1.165) is 18.8 Å². The molecule has 0 N–H and O–H groups in total. The van der Waals surface area contributed by atoms with Crippen LogP contribution < -0.4 is 4.74 Å². The summed E-state index contributed by atoms with van der Waals surface area (Å²) in [5, 5.41) is 0. The van der Waals surface area contributed by atoms with E-state index in [-0.39, 0.29) is 0 Å². The van der Waals surface area contributed by atoms with Gasteiger partial charge in [-0.1, -0.05) is 32.1 Å². The summed E-state index contributed by atoms with van der Waals surface area (Å²) in [4.78, 5) is 0. The molecular formula is C16H21O. The second kappa shape index (κ2) is 5.39. The molecule has 0 atom stereocenters. The smallest absolute Gasteiger partial charge is 0.123 e. The Labute approximate surface area is 104 Å². The quantitative estimate of drug-likeness (QED) is 0.698. The van der Waals surface area contributed by atoms with Gasteiger partial charge in [-0.05, 0) is 36.8 Å². The highest BCUT2D eigenvalue weighted by molar-refractivity contribution is 5.52. The molecule has 0 unspecified atom stereocenters. The Morgan fingerprint density at radius 2 is 2.24 bits per heavy atom. The molecule has 0 bridgehead atoms. The number of allylic oxidation sites excluding steroid dienone is 1. The minimum atomic E-state index is 0.702. The van der Waals surface area contributed by atoms with Crippen molar-refractivity contribution in [1.29, 1.82) is 0 Å². The maximum atomic E-state index is 5.88. The minimum absolute atomic E-state index is 0.702. The molecule has 0 saturated heterocycles. The Kier molecular flexibility index (Phi) is 3.88. The Balaban J connectivity index is 2.34. The molecule has 0 amide bonds. The molecule has 1 fully saturated rings. The van der Waals surface area contributed by atoms with E-state index >= 15 is 0 Å². The summed E-state index contributed by atoms with van der Waals surface area (Å²) in [6.07, 6.45) is 5.58. The molecule has 17 heavy (non-hydrogen) atoms. The van der Waals surface area contributed by atoms with E-state index in [0.29, 0.717) is 5.92 Å². The Morgan fingerprint density at radius 1 is 1.47 bits per heavy atom. The van der Waals surface area contributed by atoms with Crippen molar-refractivity contribution < 1.29 is 4.74 Å². The zero-order chi connectivity index (χ0) is 12.3. The standard InChI is InChI=1S/C16H21O/c1-4-11-17-15-8-6-7-14(12(3)5-2)16(15)13-9-10-13/h5-8,13H,2,4,9-11H2,1,3H3. The van der Waals surface area contributed by atoms with Crippen molar-refractivity contribution >= 4 is 0 Å². The van der Waals surface area contributed by atoms with Crippen molar-refractivity contribution in [2.75, 3.05) is 6.61 Å². The first-order valence-electron chi connectivity index (χ1n) is 6.50. The number of ether oxygens (including phenoxy) is 1. The van der Waals surface area contributed by atoms with Gasteiger partial charge < -0.3 is 4.74 Å². The average molecular weight is 229 g/mol. The summed E-state index contributed by atoms with van der Waals surface area (Å²) in [5.74, 6) is 3.02. The van der Waals surface area contributed by atoms with Crippen LogP contribution in [0.15, 0.2) is 30.9 Å². The van der Waals surface area contributed by atoms with E-state index in [1.54, 1.807) is 0 Å². The van der Waals surface area contributed by atoms with Gasteiger partial charge in [0, 0.05) is 11.5 Å². The van der Waals surface area contributed by atoms with Crippen molar-refractivity contribution in [3.05, 3.63) is 47.9 Å². The summed E-state index contributed by atoms with van der Waals surface area (Å²) in [6, 6.07) is 6.37.